The fourth-order valence-electron chi connectivity index (χ4n) is 2.15. The van der Waals surface area contributed by atoms with Crippen LogP contribution in [0.3, 0.4) is 0 Å². The smallest absolute Gasteiger partial charge is 0.274 e. The van der Waals surface area contributed by atoms with Crippen molar-refractivity contribution >= 4 is 29.1 Å². The van der Waals surface area contributed by atoms with Crippen LogP contribution >= 0.6 is 0 Å². The lowest BCUT2D eigenvalue weighted by Crippen LogP contribution is -2.28. The van der Waals surface area contributed by atoms with Crippen LogP contribution in [0.4, 0.5) is 11.4 Å². The molecule has 1 aromatic heterocycles. The monoisotopic (exact) mass is 354 g/mol. The van der Waals surface area contributed by atoms with Crippen molar-refractivity contribution in [2.75, 3.05) is 17.2 Å². The Morgan fingerprint density at radius 3 is 2.12 bits per heavy atom. The minimum absolute atomic E-state index is 0.132. The van der Waals surface area contributed by atoms with Crippen molar-refractivity contribution in [2.45, 2.75) is 20.8 Å². The zero-order valence-electron chi connectivity index (χ0n) is 15.0. The highest BCUT2D eigenvalue weighted by atomic mass is 16.2. The van der Waals surface area contributed by atoms with E-state index in [2.05, 4.69) is 20.9 Å². The molecule has 0 fully saturated rings. The average molecular weight is 354 g/mol. The van der Waals surface area contributed by atoms with Gasteiger partial charge in [-0.05, 0) is 36.2 Å². The van der Waals surface area contributed by atoms with E-state index in [1.807, 2.05) is 13.8 Å². The van der Waals surface area contributed by atoms with Crippen molar-refractivity contribution in [3.05, 3.63) is 53.9 Å². The second kappa shape index (κ2) is 8.75. The Kier molecular flexibility index (Phi) is 6.43. The summed E-state index contributed by atoms with van der Waals surface area (Å²) in [5.74, 6) is -0.638. The van der Waals surface area contributed by atoms with Gasteiger partial charge in [-0.15, -0.1) is 0 Å². The number of hydrogen-bond acceptors (Lipinski definition) is 4. The van der Waals surface area contributed by atoms with Crippen molar-refractivity contribution < 1.29 is 14.4 Å². The summed E-state index contributed by atoms with van der Waals surface area (Å²) in [6.45, 7) is 5.93. The number of pyridine rings is 1. The molecule has 7 heteroatoms. The molecule has 0 aliphatic carbocycles. The maximum absolute atomic E-state index is 12.4. The fraction of sp³-hybridized carbons (Fsp3) is 0.263. The van der Waals surface area contributed by atoms with Gasteiger partial charge in [0.15, 0.2) is 0 Å². The van der Waals surface area contributed by atoms with Crippen molar-refractivity contribution in [3.8, 4) is 0 Å². The number of aromatic nitrogens is 1. The number of anilines is 2. The lowest BCUT2D eigenvalue weighted by Gasteiger charge is -2.09. The summed E-state index contributed by atoms with van der Waals surface area (Å²) >= 11 is 0. The first kappa shape index (κ1) is 19.1. The van der Waals surface area contributed by atoms with E-state index in [-0.39, 0.29) is 23.2 Å². The molecule has 0 saturated carbocycles. The van der Waals surface area contributed by atoms with Crippen LogP contribution in [0.1, 0.15) is 41.7 Å². The highest BCUT2D eigenvalue weighted by Gasteiger charge is 2.13. The molecular weight excluding hydrogens is 332 g/mol. The molecule has 1 heterocycles. The van der Waals surface area contributed by atoms with E-state index in [0.29, 0.717) is 23.8 Å². The zero-order chi connectivity index (χ0) is 19.1. The second-order valence-electron chi connectivity index (χ2n) is 6.23. The SMILES string of the molecule is CC(=O)Nc1cccc(NC(=O)c2cccc(C(=O)NCC(C)C)n2)c1. The number of hydrogen-bond donors (Lipinski definition) is 3. The molecule has 0 unspecified atom stereocenters. The van der Waals surface area contributed by atoms with Gasteiger partial charge in [0.05, 0.1) is 0 Å². The number of rotatable bonds is 6. The fourth-order valence-corrected chi connectivity index (χ4v) is 2.15. The Morgan fingerprint density at radius 2 is 1.50 bits per heavy atom. The molecule has 0 aliphatic rings. The molecular formula is C19H22N4O3. The lowest BCUT2D eigenvalue weighted by atomic mass is 10.2. The summed E-state index contributed by atoms with van der Waals surface area (Å²) < 4.78 is 0. The zero-order valence-corrected chi connectivity index (χ0v) is 15.0. The van der Waals surface area contributed by atoms with Crippen molar-refractivity contribution in [3.63, 3.8) is 0 Å². The van der Waals surface area contributed by atoms with E-state index in [0.717, 1.165) is 0 Å². The Bertz CT molecular complexity index is 818. The molecule has 0 radical (unpaired) electrons. The molecule has 1 aromatic carbocycles. The van der Waals surface area contributed by atoms with Crippen LogP contribution in [0.15, 0.2) is 42.5 Å². The minimum atomic E-state index is -0.441. The van der Waals surface area contributed by atoms with E-state index in [1.165, 1.54) is 13.0 Å². The van der Waals surface area contributed by atoms with E-state index in [1.54, 1.807) is 36.4 Å². The topological polar surface area (TPSA) is 100 Å². The number of carbonyl (C=O) groups excluding carboxylic acids is 3. The van der Waals surface area contributed by atoms with Gasteiger partial charge in [0.1, 0.15) is 11.4 Å². The number of nitrogens with one attached hydrogen (secondary N) is 3. The summed E-state index contributed by atoms with van der Waals surface area (Å²) in [5, 5.41) is 8.12. The first-order chi connectivity index (χ1) is 12.3. The summed E-state index contributed by atoms with van der Waals surface area (Å²) in [4.78, 5) is 39.7. The van der Waals surface area contributed by atoms with Gasteiger partial charge in [-0.1, -0.05) is 26.0 Å². The van der Waals surface area contributed by atoms with Gasteiger partial charge in [0, 0.05) is 24.8 Å². The number of carbonyl (C=O) groups is 3. The third kappa shape index (κ3) is 5.70. The molecule has 3 N–H and O–H groups in total. The molecule has 7 nitrogen and oxygen atoms in total. The van der Waals surface area contributed by atoms with E-state index < -0.39 is 5.91 Å². The third-order valence-corrected chi connectivity index (χ3v) is 3.33. The molecule has 2 rings (SSSR count). The Morgan fingerprint density at radius 1 is 0.923 bits per heavy atom. The number of amides is 3. The third-order valence-electron chi connectivity index (χ3n) is 3.33. The van der Waals surface area contributed by atoms with Gasteiger partial charge >= 0.3 is 0 Å². The summed E-state index contributed by atoms with van der Waals surface area (Å²) in [6.07, 6.45) is 0. The van der Waals surface area contributed by atoms with Crippen LogP contribution in [-0.4, -0.2) is 29.3 Å². The van der Waals surface area contributed by atoms with Crippen LogP contribution in [0.5, 0.6) is 0 Å². The van der Waals surface area contributed by atoms with Crippen LogP contribution in [0, 0.1) is 5.92 Å². The highest BCUT2D eigenvalue weighted by Crippen LogP contribution is 2.16. The van der Waals surface area contributed by atoms with Crippen LogP contribution in [0.2, 0.25) is 0 Å². The standard InChI is InChI=1S/C19H22N4O3/c1-12(2)11-20-18(25)16-8-5-9-17(23-16)19(26)22-15-7-4-6-14(10-15)21-13(3)24/h4-10,12H,11H2,1-3H3,(H,20,25)(H,21,24)(H,22,26). The molecule has 3 amide bonds. The van der Waals surface area contributed by atoms with Gasteiger partial charge < -0.3 is 16.0 Å². The first-order valence-corrected chi connectivity index (χ1v) is 8.29. The maximum atomic E-state index is 12.4. The predicted molar refractivity (Wildman–Crippen MR) is 100 cm³/mol. The predicted octanol–water partition coefficient (Wildman–Crippen LogP) is 2.68. The quantitative estimate of drug-likeness (QED) is 0.742. The second-order valence-corrected chi connectivity index (χ2v) is 6.23. The number of nitrogens with zero attached hydrogens (tertiary/aromatic N) is 1. The molecule has 2 aromatic rings. The highest BCUT2D eigenvalue weighted by molar-refractivity contribution is 6.04. The van der Waals surface area contributed by atoms with Gasteiger partial charge in [0.2, 0.25) is 5.91 Å². The maximum Gasteiger partial charge on any atom is 0.274 e. The average Bonchev–Trinajstić information content (AvgIpc) is 2.59. The van der Waals surface area contributed by atoms with Gasteiger partial charge in [0.25, 0.3) is 11.8 Å². The van der Waals surface area contributed by atoms with Crippen molar-refractivity contribution in [1.29, 1.82) is 0 Å². The molecule has 0 atom stereocenters. The minimum Gasteiger partial charge on any atom is -0.350 e. The summed E-state index contributed by atoms with van der Waals surface area (Å²) in [5.41, 5.74) is 1.40. The summed E-state index contributed by atoms with van der Waals surface area (Å²) in [7, 11) is 0. The lowest BCUT2D eigenvalue weighted by molar-refractivity contribution is -0.114. The molecule has 26 heavy (non-hydrogen) atoms. The van der Waals surface area contributed by atoms with E-state index in [4.69, 9.17) is 0 Å². The molecule has 136 valence electrons. The first-order valence-electron chi connectivity index (χ1n) is 8.29. The van der Waals surface area contributed by atoms with Crippen LogP contribution in [-0.2, 0) is 4.79 Å². The van der Waals surface area contributed by atoms with Crippen LogP contribution < -0.4 is 16.0 Å². The van der Waals surface area contributed by atoms with Gasteiger partial charge in [-0.25, -0.2) is 4.98 Å². The molecule has 0 spiro atoms. The van der Waals surface area contributed by atoms with E-state index >= 15 is 0 Å². The number of benzene rings is 1. The van der Waals surface area contributed by atoms with Crippen LogP contribution in [0.25, 0.3) is 0 Å². The van der Waals surface area contributed by atoms with Gasteiger partial charge in [-0.2, -0.15) is 0 Å². The Labute approximate surface area is 152 Å². The van der Waals surface area contributed by atoms with Crippen molar-refractivity contribution in [1.82, 2.24) is 10.3 Å². The largest absolute Gasteiger partial charge is 0.350 e. The Hall–Kier alpha value is -3.22. The van der Waals surface area contributed by atoms with Gasteiger partial charge in [-0.3, -0.25) is 14.4 Å². The summed E-state index contributed by atoms with van der Waals surface area (Å²) in [6, 6.07) is 11.5. The normalized spacial score (nSPS) is 10.3. The van der Waals surface area contributed by atoms with Crippen molar-refractivity contribution in [2.24, 2.45) is 5.92 Å². The molecule has 0 aliphatic heterocycles. The van der Waals surface area contributed by atoms with E-state index in [9.17, 15) is 14.4 Å². The molecule has 0 saturated heterocycles. The molecule has 0 bridgehead atoms. The Balaban J connectivity index is 2.09.